The first-order valence-corrected chi connectivity index (χ1v) is 10.1. The molecule has 3 aromatic rings. The molecule has 1 aliphatic heterocycles. The van der Waals surface area contributed by atoms with E-state index >= 15 is 0 Å². The van der Waals surface area contributed by atoms with E-state index in [0.29, 0.717) is 0 Å². The summed E-state index contributed by atoms with van der Waals surface area (Å²) >= 11 is 7.93. The van der Waals surface area contributed by atoms with Crippen molar-refractivity contribution in [3.8, 4) is 11.3 Å². The Morgan fingerprint density at radius 1 is 1.23 bits per heavy atom. The summed E-state index contributed by atoms with van der Waals surface area (Å²) in [6.45, 7) is 3.69. The van der Waals surface area contributed by atoms with Gasteiger partial charge >= 0.3 is 0 Å². The Labute approximate surface area is 162 Å². The molecule has 0 amide bonds. The van der Waals surface area contributed by atoms with Crippen molar-refractivity contribution >= 4 is 28.6 Å². The molecule has 0 saturated carbocycles. The number of benzene rings is 2. The molecule has 4 rings (SSSR count). The number of thiazole rings is 1. The SMILES string of the molecule is Cc1ccc(N=c2scc(-c3ccccc3)n2CC2CCCO2)cc1Cl. The zero-order chi connectivity index (χ0) is 17.9. The van der Waals surface area contributed by atoms with Gasteiger partial charge in [-0.05, 0) is 43.0 Å². The molecule has 1 aromatic heterocycles. The number of halogens is 1. The molecular weight excluding hydrogens is 364 g/mol. The van der Waals surface area contributed by atoms with E-state index in [0.717, 1.165) is 47.1 Å². The van der Waals surface area contributed by atoms with Gasteiger partial charge in [0.1, 0.15) is 0 Å². The van der Waals surface area contributed by atoms with Gasteiger partial charge in [0.05, 0.1) is 24.0 Å². The van der Waals surface area contributed by atoms with Gasteiger partial charge in [-0.1, -0.05) is 48.0 Å². The minimum atomic E-state index is 0.257. The van der Waals surface area contributed by atoms with Crippen LogP contribution in [0.5, 0.6) is 0 Å². The topological polar surface area (TPSA) is 26.5 Å². The van der Waals surface area contributed by atoms with Crippen LogP contribution in [0.25, 0.3) is 11.3 Å². The van der Waals surface area contributed by atoms with Gasteiger partial charge in [0.25, 0.3) is 0 Å². The Morgan fingerprint density at radius 2 is 2.08 bits per heavy atom. The van der Waals surface area contributed by atoms with Gasteiger partial charge < -0.3 is 9.30 Å². The fourth-order valence-corrected chi connectivity index (χ4v) is 4.30. The number of hydrogen-bond donors (Lipinski definition) is 0. The lowest BCUT2D eigenvalue weighted by molar-refractivity contribution is 0.0968. The summed E-state index contributed by atoms with van der Waals surface area (Å²) in [7, 11) is 0. The van der Waals surface area contributed by atoms with Crippen LogP contribution >= 0.6 is 22.9 Å². The molecule has 0 N–H and O–H groups in total. The Morgan fingerprint density at radius 3 is 2.81 bits per heavy atom. The lowest BCUT2D eigenvalue weighted by Crippen LogP contribution is -2.24. The zero-order valence-corrected chi connectivity index (χ0v) is 16.3. The summed E-state index contributed by atoms with van der Waals surface area (Å²) in [5.74, 6) is 0. The van der Waals surface area contributed by atoms with Gasteiger partial charge in [-0.2, -0.15) is 0 Å². The monoisotopic (exact) mass is 384 g/mol. The molecule has 0 radical (unpaired) electrons. The molecular formula is C21H21ClN2OS. The van der Waals surface area contributed by atoms with Crippen LogP contribution in [0.15, 0.2) is 58.9 Å². The Hall–Kier alpha value is -1.88. The lowest BCUT2D eigenvalue weighted by Gasteiger charge is -2.14. The second-order valence-corrected chi connectivity index (χ2v) is 7.80. The fourth-order valence-electron chi connectivity index (χ4n) is 3.19. The summed E-state index contributed by atoms with van der Waals surface area (Å²) in [6, 6.07) is 16.4. The molecule has 2 aromatic carbocycles. The van der Waals surface area contributed by atoms with Crippen molar-refractivity contribution < 1.29 is 4.74 Å². The molecule has 26 heavy (non-hydrogen) atoms. The normalized spacial score (nSPS) is 17.8. The first kappa shape index (κ1) is 17.5. The second-order valence-electron chi connectivity index (χ2n) is 6.56. The van der Waals surface area contributed by atoms with E-state index in [9.17, 15) is 0 Å². The maximum atomic E-state index is 6.28. The quantitative estimate of drug-likeness (QED) is 0.575. The summed E-state index contributed by atoms with van der Waals surface area (Å²) in [4.78, 5) is 5.84. The van der Waals surface area contributed by atoms with Crippen molar-refractivity contribution in [2.75, 3.05) is 6.61 Å². The smallest absolute Gasteiger partial charge is 0.190 e. The summed E-state index contributed by atoms with van der Waals surface area (Å²) in [5, 5.41) is 2.93. The molecule has 1 aliphatic rings. The van der Waals surface area contributed by atoms with Gasteiger partial charge in [-0.3, -0.25) is 0 Å². The third-order valence-electron chi connectivity index (χ3n) is 4.66. The van der Waals surface area contributed by atoms with E-state index < -0.39 is 0 Å². The molecule has 0 aliphatic carbocycles. The van der Waals surface area contributed by atoms with E-state index in [1.165, 1.54) is 11.3 Å². The molecule has 134 valence electrons. The van der Waals surface area contributed by atoms with Crippen molar-refractivity contribution in [3.63, 3.8) is 0 Å². The maximum Gasteiger partial charge on any atom is 0.190 e. The minimum Gasteiger partial charge on any atom is -0.376 e. The van der Waals surface area contributed by atoms with E-state index in [1.807, 2.05) is 31.2 Å². The first-order valence-electron chi connectivity index (χ1n) is 8.87. The summed E-state index contributed by atoms with van der Waals surface area (Å²) < 4.78 is 8.16. The van der Waals surface area contributed by atoms with Crippen molar-refractivity contribution in [3.05, 3.63) is 69.3 Å². The molecule has 1 fully saturated rings. The largest absolute Gasteiger partial charge is 0.376 e. The first-order chi connectivity index (χ1) is 12.7. The van der Waals surface area contributed by atoms with Crippen LogP contribution in [0.4, 0.5) is 5.69 Å². The summed E-state index contributed by atoms with van der Waals surface area (Å²) in [6.07, 6.45) is 2.50. The Kier molecular flexibility index (Phi) is 5.25. The van der Waals surface area contributed by atoms with Crippen molar-refractivity contribution in [1.82, 2.24) is 4.57 Å². The maximum absolute atomic E-state index is 6.28. The number of aryl methyl sites for hydroxylation is 1. The van der Waals surface area contributed by atoms with Crippen LogP contribution in [-0.4, -0.2) is 17.3 Å². The van der Waals surface area contributed by atoms with Gasteiger partial charge in [0, 0.05) is 17.0 Å². The van der Waals surface area contributed by atoms with Crippen molar-refractivity contribution in [2.45, 2.75) is 32.4 Å². The Bertz CT molecular complexity index is 956. The Balaban J connectivity index is 1.79. The van der Waals surface area contributed by atoms with Crippen LogP contribution in [-0.2, 0) is 11.3 Å². The van der Waals surface area contributed by atoms with Crippen molar-refractivity contribution in [2.24, 2.45) is 4.99 Å². The average Bonchev–Trinajstić information content (AvgIpc) is 3.30. The molecule has 2 heterocycles. The molecule has 5 heteroatoms. The fraction of sp³-hybridized carbons (Fsp3) is 0.286. The van der Waals surface area contributed by atoms with E-state index in [2.05, 4.69) is 34.2 Å². The number of ether oxygens (including phenoxy) is 1. The molecule has 0 bridgehead atoms. The minimum absolute atomic E-state index is 0.257. The molecule has 0 spiro atoms. The molecule has 3 nitrogen and oxygen atoms in total. The molecule has 1 atom stereocenters. The summed E-state index contributed by atoms with van der Waals surface area (Å²) in [5.41, 5.74) is 4.32. The highest BCUT2D eigenvalue weighted by Crippen LogP contribution is 2.25. The predicted molar refractivity (Wildman–Crippen MR) is 108 cm³/mol. The predicted octanol–water partition coefficient (Wildman–Crippen LogP) is 5.59. The van der Waals surface area contributed by atoms with E-state index in [4.69, 9.17) is 21.3 Å². The van der Waals surface area contributed by atoms with E-state index in [-0.39, 0.29) is 6.10 Å². The van der Waals surface area contributed by atoms with Crippen LogP contribution in [0.2, 0.25) is 5.02 Å². The third kappa shape index (κ3) is 3.78. The van der Waals surface area contributed by atoms with Crippen LogP contribution in [0.3, 0.4) is 0 Å². The highest BCUT2D eigenvalue weighted by molar-refractivity contribution is 7.07. The zero-order valence-electron chi connectivity index (χ0n) is 14.7. The average molecular weight is 385 g/mol. The highest BCUT2D eigenvalue weighted by atomic mass is 35.5. The van der Waals surface area contributed by atoms with Crippen LogP contribution < -0.4 is 4.80 Å². The van der Waals surface area contributed by atoms with Crippen LogP contribution in [0.1, 0.15) is 18.4 Å². The van der Waals surface area contributed by atoms with Gasteiger partial charge in [-0.15, -0.1) is 11.3 Å². The van der Waals surface area contributed by atoms with Gasteiger partial charge in [0.2, 0.25) is 0 Å². The second kappa shape index (κ2) is 7.78. The van der Waals surface area contributed by atoms with Crippen molar-refractivity contribution in [1.29, 1.82) is 0 Å². The van der Waals surface area contributed by atoms with Crippen LogP contribution in [0, 0.1) is 6.92 Å². The highest BCUT2D eigenvalue weighted by Gasteiger charge is 2.19. The number of rotatable bonds is 4. The number of aromatic nitrogens is 1. The molecule has 1 saturated heterocycles. The lowest BCUT2D eigenvalue weighted by atomic mass is 10.1. The standard InChI is InChI=1S/C21H21ClN2OS/c1-15-9-10-17(12-19(15)22)23-21-24(13-18-8-5-11-25-18)20(14-26-21)16-6-3-2-4-7-16/h2-4,6-7,9-10,12,14,18H,5,8,11,13H2,1H3. The number of hydrogen-bond acceptors (Lipinski definition) is 3. The van der Waals surface area contributed by atoms with Gasteiger partial charge in [-0.25, -0.2) is 4.99 Å². The van der Waals surface area contributed by atoms with Gasteiger partial charge in [0.15, 0.2) is 4.80 Å². The van der Waals surface area contributed by atoms with E-state index in [1.54, 1.807) is 11.3 Å². The molecule has 1 unspecified atom stereocenters. The third-order valence-corrected chi connectivity index (χ3v) is 5.93. The number of nitrogens with zero attached hydrogens (tertiary/aromatic N) is 2.